The predicted octanol–water partition coefficient (Wildman–Crippen LogP) is 2.62. The van der Waals surface area contributed by atoms with Gasteiger partial charge in [-0.05, 0) is 6.42 Å². The van der Waals surface area contributed by atoms with Crippen molar-refractivity contribution in [1.29, 1.82) is 0 Å². The molecule has 3 nitrogen and oxygen atoms in total. The van der Waals surface area contributed by atoms with Crippen molar-refractivity contribution < 1.29 is 46.4 Å². The average Bonchev–Trinajstić information content (AvgIpc) is 2.43. The second kappa shape index (κ2) is 23.7. The Morgan fingerprint density at radius 1 is 0.682 bits per heavy atom. The van der Waals surface area contributed by atoms with Gasteiger partial charge in [0.25, 0.3) is 0 Å². The molecule has 0 aliphatic rings. The molecule has 0 aromatic rings. The van der Waals surface area contributed by atoms with Crippen LogP contribution in [0.2, 0.25) is 0 Å². The summed E-state index contributed by atoms with van der Waals surface area (Å²) in [5.74, 6) is -0.653. The third kappa shape index (κ3) is 25.4. The molecule has 0 aliphatic heterocycles. The molecular formula is C18H39NaO3. The van der Waals surface area contributed by atoms with Crippen LogP contribution in [0.15, 0.2) is 0 Å². The van der Waals surface area contributed by atoms with Crippen LogP contribution in [0, 0.1) is 0 Å². The van der Waals surface area contributed by atoms with Crippen LogP contribution in [0.1, 0.15) is 111 Å². The minimum absolute atomic E-state index is 0. The fraction of sp³-hybridized carbons (Fsp3) is 0.944. The quantitative estimate of drug-likeness (QED) is 0.350. The van der Waals surface area contributed by atoms with Crippen LogP contribution in [0.3, 0.4) is 0 Å². The molecule has 0 aliphatic carbocycles. The second-order valence-electron chi connectivity index (χ2n) is 6.09. The number of hydrogen-bond acceptors (Lipinski definition) is 1. The molecule has 0 radical (unpaired) electrons. The summed E-state index contributed by atoms with van der Waals surface area (Å²) < 4.78 is 0. The van der Waals surface area contributed by atoms with E-state index in [9.17, 15) is 4.79 Å². The number of hydrogen-bond donors (Lipinski definition) is 1. The van der Waals surface area contributed by atoms with Gasteiger partial charge in [0.15, 0.2) is 0 Å². The molecular weight excluding hydrogens is 287 g/mol. The van der Waals surface area contributed by atoms with Gasteiger partial charge in [0, 0.05) is 6.42 Å². The summed E-state index contributed by atoms with van der Waals surface area (Å²) >= 11 is 0. The van der Waals surface area contributed by atoms with Gasteiger partial charge in [-0.15, -0.1) is 0 Å². The predicted molar refractivity (Wildman–Crippen MR) is 91.9 cm³/mol. The van der Waals surface area contributed by atoms with Gasteiger partial charge in [0.1, 0.15) is 0 Å². The average molecular weight is 326 g/mol. The summed E-state index contributed by atoms with van der Waals surface area (Å²) in [5.41, 5.74) is 0. The third-order valence-electron chi connectivity index (χ3n) is 3.99. The van der Waals surface area contributed by atoms with E-state index in [2.05, 4.69) is 6.92 Å². The Morgan fingerprint density at radius 3 is 1.23 bits per heavy atom. The normalized spacial score (nSPS) is 9.86. The molecule has 0 unspecified atom stereocenters. The second-order valence-corrected chi connectivity index (χ2v) is 6.09. The van der Waals surface area contributed by atoms with Crippen molar-refractivity contribution >= 4 is 5.97 Å². The molecule has 0 heterocycles. The molecule has 0 atom stereocenters. The number of carboxylic acid groups (broad SMARTS) is 1. The minimum atomic E-state index is -0.653. The van der Waals surface area contributed by atoms with E-state index < -0.39 is 5.97 Å². The van der Waals surface area contributed by atoms with Crippen LogP contribution >= 0.6 is 0 Å². The van der Waals surface area contributed by atoms with Crippen molar-refractivity contribution in [3.8, 4) is 0 Å². The van der Waals surface area contributed by atoms with Gasteiger partial charge in [-0.25, -0.2) is 0 Å². The van der Waals surface area contributed by atoms with Crippen LogP contribution in [0.25, 0.3) is 0 Å². The zero-order valence-electron chi connectivity index (χ0n) is 16.2. The maximum Gasteiger partial charge on any atom is 1.00 e. The first-order valence-corrected chi connectivity index (χ1v) is 8.99. The Morgan fingerprint density at radius 2 is 0.955 bits per heavy atom. The first kappa shape index (κ1) is 27.3. The molecule has 0 saturated heterocycles. The van der Waals surface area contributed by atoms with E-state index in [0.29, 0.717) is 6.42 Å². The Bertz CT molecular complexity index is 216. The molecule has 0 fully saturated rings. The zero-order valence-corrected chi connectivity index (χ0v) is 17.2. The number of rotatable bonds is 16. The molecule has 0 aromatic carbocycles. The van der Waals surface area contributed by atoms with Crippen LogP contribution in [-0.2, 0) is 4.79 Å². The van der Waals surface area contributed by atoms with Gasteiger partial charge < -0.3 is 12.0 Å². The first-order chi connectivity index (χ1) is 9.77. The Balaban J connectivity index is -0.000000602. The molecule has 22 heavy (non-hydrogen) atoms. The van der Waals surface area contributed by atoms with Gasteiger partial charge in [0.2, 0.25) is 0 Å². The number of carboxylic acids is 1. The summed E-state index contributed by atoms with van der Waals surface area (Å²) in [4.78, 5) is 10.3. The van der Waals surface area contributed by atoms with E-state index >= 15 is 0 Å². The SMILES string of the molecule is CCCCCCCCCCCCCCCCCC(=O)O.O.[H-].[Na+]. The maximum absolute atomic E-state index is 10.3. The number of carbonyl (C=O) groups is 1. The van der Waals surface area contributed by atoms with Gasteiger partial charge in [-0.3, -0.25) is 4.79 Å². The van der Waals surface area contributed by atoms with Crippen molar-refractivity contribution in [1.82, 2.24) is 0 Å². The summed E-state index contributed by atoms with van der Waals surface area (Å²) in [7, 11) is 0. The Labute approximate surface area is 161 Å². The Kier molecular flexibility index (Phi) is 29.4. The molecule has 0 aromatic heterocycles. The van der Waals surface area contributed by atoms with Gasteiger partial charge in [-0.1, -0.05) is 96.8 Å². The summed E-state index contributed by atoms with van der Waals surface area (Å²) in [5, 5.41) is 8.52. The molecule has 3 N–H and O–H groups in total. The van der Waals surface area contributed by atoms with Crippen LogP contribution in [0.4, 0.5) is 0 Å². The molecule has 0 bridgehead atoms. The summed E-state index contributed by atoms with van der Waals surface area (Å²) in [6.07, 6.45) is 20.2. The smallest absolute Gasteiger partial charge is 1.00 e. The fourth-order valence-electron chi connectivity index (χ4n) is 2.65. The molecule has 130 valence electrons. The Hall–Kier alpha value is 0.430. The minimum Gasteiger partial charge on any atom is -1.00 e. The molecule has 0 saturated carbocycles. The molecule has 0 amide bonds. The maximum atomic E-state index is 10.3. The standard InChI is InChI=1S/C18H36O2.Na.H2O.H/c1-2-3-4-5-6-7-8-9-10-11-12-13-14-15-16-17-18(19)20;;;/h2-17H2,1H3,(H,19,20);;1H2;/q;+1;;-1. The summed E-state index contributed by atoms with van der Waals surface area (Å²) in [6.45, 7) is 2.27. The van der Waals surface area contributed by atoms with Crippen molar-refractivity contribution in [3.63, 3.8) is 0 Å². The third-order valence-corrected chi connectivity index (χ3v) is 3.99. The van der Waals surface area contributed by atoms with Crippen LogP contribution in [0.5, 0.6) is 0 Å². The van der Waals surface area contributed by atoms with E-state index in [-0.39, 0.29) is 36.5 Å². The monoisotopic (exact) mass is 326 g/mol. The van der Waals surface area contributed by atoms with Gasteiger partial charge in [-0.2, -0.15) is 0 Å². The topological polar surface area (TPSA) is 68.8 Å². The van der Waals surface area contributed by atoms with Crippen LogP contribution in [-0.4, -0.2) is 16.6 Å². The van der Waals surface area contributed by atoms with E-state index in [1.807, 2.05) is 0 Å². The van der Waals surface area contributed by atoms with E-state index in [1.165, 1.54) is 83.5 Å². The zero-order chi connectivity index (χ0) is 14.9. The largest absolute Gasteiger partial charge is 1.00 e. The van der Waals surface area contributed by atoms with Gasteiger partial charge >= 0.3 is 35.5 Å². The van der Waals surface area contributed by atoms with Crippen molar-refractivity contribution in [3.05, 3.63) is 0 Å². The van der Waals surface area contributed by atoms with E-state index in [4.69, 9.17) is 5.11 Å². The number of aliphatic carboxylic acids is 1. The molecule has 4 heteroatoms. The molecule has 0 rings (SSSR count). The van der Waals surface area contributed by atoms with E-state index in [0.717, 1.165) is 12.8 Å². The van der Waals surface area contributed by atoms with Crippen LogP contribution < -0.4 is 29.6 Å². The number of unbranched alkanes of at least 4 members (excludes halogenated alkanes) is 14. The van der Waals surface area contributed by atoms with Crippen molar-refractivity contribution in [2.45, 2.75) is 110 Å². The summed E-state index contributed by atoms with van der Waals surface area (Å²) in [6, 6.07) is 0. The fourth-order valence-corrected chi connectivity index (χ4v) is 2.65. The van der Waals surface area contributed by atoms with Crippen molar-refractivity contribution in [2.24, 2.45) is 0 Å². The molecule has 0 spiro atoms. The first-order valence-electron chi connectivity index (χ1n) is 8.99. The van der Waals surface area contributed by atoms with Crippen molar-refractivity contribution in [2.75, 3.05) is 0 Å². The van der Waals surface area contributed by atoms with E-state index in [1.54, 1.807) is 0 Å². The van der Waals surface area contributed by atoms with Gasteiger partial charge in [0.05, 0.1) is 0 Å².